The molecular weight excluding hydrogens is 593 g/mol. The van der Waals surface area contributed by atoms with E-state index in [-0.39, 0.29) is 0 Å². The summed E-state index contributed by atoms with van der Waals surface area (Å²) in [6.07, 6.45) is 0. The smallest absolute Gasteiger partial charge is 0.160 e. The van der Waals surface area contributed by atoms with Crippen LogP contribution in [-0.2, 0) is 5.41 Å². The van der Waals surface area contributed by atoms with Gasteiger partial charge in [-0.3, -0.25) is 0 Å². The zero-order valence-electron chi connectivity index (χ0n) is 25.2. The summed E-state index contributed by atoms with van der Waals surface area (Å²) in [5.41, 5.74) is 11.8. The molecule has 1 aliphatic carbocycles. The van der Waals surface area contributed by atoms with Crippen LogP contribution in [0.1, 0.15) is 22.3 Å². The standard InChI is InChI=1S/C43H26N2OS/c1-3-11-27(12-4-1)36-26-37(45-42(44-36)29-13-5-2-6-14-29)30-19-21-31-35(25-30)43(34-22-20-28-23-24-47-41(28)40(31)34)32-15-7-9-17-38(32)46-39-18-10-8-16-33(39)43/h1-26H. The fraction of sp³-hybridized carbons (Fsp3) is 0.0233. The lowest BCUT2D eigenvalue weighted by atomic mass is 9.66. The maximum Gasteiger partial charge on any atom is 0.160 e. The molecule has 0 atom stereocenters. The molecule has 0 N–H and O–H groups in total. The molecule has 220 valence electrons. The Hall–Kier alpha value is -5.84. The fourth-order valence-electron chi connectivity index (χ4n) is 7.63. The van der Waals surface area contributed by atoms with Gasteiger partial charge in [0.25, 0.3) is 0 Å². The second kappa shape index (κ2) is 10.1. The third kappa shape index (κ3) is 3.79. The third-order valence-electron chi connectivity index (χ3n) is 9.64. The molecule has 0 saturated carbocycles. The molecule has 4 heteroatoms. The minimum absolute atomic E-state index is 0.554. The average molecular weight is 619 g/mol. The van der Waals surface area contributed by atoms with E-state index in [1.807, 2.05) is 35.6 Å². The summed E-state index contributed by atoms with van der Waals surface area (Å²) in [7, 11) is 0. The highest BCUT2D eigenvalue weighted by atomic mass is 32.1. The molecule has 6 aromatic carbocycles. The minimum Gasteiger partial charge on any atom is -0.457 e. The Bertz CT molecular complexity index is 2400. The Labute approximate surface area is 276 Å². The van der Waals surface area contributed by atoms with E-state index < -0.39 is 5.41 Å². The van der Waals surface area contributed by atoms with Crippen LogP contribution < -0.4 is 4.74 Å². The first-order chi connectivity index (χ1) is 23.3. The monoisotopic (exact) mass is 618 g/mol. The second-order valence-corrected chi connectivity index (χ2v) is 13.0. The topological polar surface area (TPSA) is 35.0 Å². The van der Waals surface area contributed by atoms with Crippen LogP contribution in [0, 0.1) is 0 Å². The molecule has 1 spiro atoms. The van der Waals surface area contributed by atoms with E-state index in [9.17, 15) is 0 Å². The van der Waals surface area contributed by atoms with Crippen molar-refractivity contribution in [2.24, 2.45) is 0 Å². The van der Waals surface area contributed by atoms with Gasteiger partial charge in [0, 0.05) is 38.1 Å². The van der Waals surface area contributed by atoms with Gasteiger partial charge in [-0.15, -0.1) is 11.3 Å². The number of aromatic nitrogens is 2. The number of thiophene rings is 1. The van der Waals surface area contributed by atoms with Gasteiger partial charge >= 0.3 is 0 Å². The highest BCUT2D eigenvalue weighted by Crippen LogP contribution is 2.63. The van der Waals surface area contributed by atoms with Gasteiger partial charge in [0.2, 0.25) is 0 Å². The Morgan fingerprint density at radius 1 is 0.489 bits per heavy atom. The molecule has 2 aromatic heterocycles. The van der Waals surface area contributed by atoms with Crippen molar-refractivity contribution in [3.63, 3.8) is 0 Å². The molecule has 0 unspecified atom stereocenters. The van der Waals surface area contributed by atoms with Crippen molar-refractivity contribution in [1.82, 2.24) is 9.97 Å². The molecule has 8 aromatic rings. The lowest BCUT2D eigenvalue weighted by molar-refractivity contribution is 0.436. The Morgan fingerprint density at radius 3 is 1.85 bits per heavy atom. The second-order valence-electron chi connectivity index (χ2n) is 12.1. The minimum atomic E-state index is -0.554. The van der Waals surface area contributed by atoms with E-state index in [1.54, 1.807) is 0 Å². The van der Waals surface area contributed by atoms with Crippen LogP contribution >= 0.6 is 11.3 Å². The van der Waals surface area contributed by atoms with Crippen LogP contribution in [0.3, 0.4) is 0 Å². The maximum atomic E-state index is 6.59. The lowest BCUT2D eigenvalue weighted by Gasteiger charge is -2.39. The van der Waals surface area contributed by atoms with Crippen LogP contribution in [0.5, 0.6) is 11.5 Å². The molecular formula is C43H26N2OS. The van der Waals surface area contributed by atoms with Gasteiger partial charge < -0.3 is 4.74 Å². The van der Waals surface area contributed by atoms with Crippen LogP contribution in [0.2, 0.25) is 0 Å². The predicted molar refractivity (Wildman–Crippen MR) is 191 cm³/mol. The van der Waals surface area contributed by atoms with Gasteiger partial charge in [0.05, 0.1) is 16.8 Å². The maximum absolute atomic E-state index is 6.59. The van der Waals surface area contributed by atoms with Crippen molar-refractivity contribution in [2.75, 3.05) is 0 Å². The summed E-state index contributed by atoms with van der Waals surface area (Å²) in [6, 6.07) is 53.6. The fourth-order valence-corrected chi connectivity index (χ4v) is 8.59. The van der Waals surface area contributed by atoms with Gasteiger partial charge in [0.15, 0.2) is 5.82 Å². The number of hydrogen-bond acceptors (Lipinski definition) is 4. The van der Waals surface area contributed by atoms with Crippen molar-refractivity contribution >= 4 is 21.4 Å². The highest BCUT2D eigenvalue weighted by molar-refractivity contribution is 7.17. The summed E-state index contributed by atoms with van der Waals surface area (Å²) < 4.78 is 7.91. The van der Waals surface area contributed by atoms with Crippen LogP contribution in [0.15, 0.2) is 157 Å². The average Bonchev–Trinajstić information content (AvgIpc) is 3.74. The molecule has 0 saturated heterocycles. The van der Waals surface area contributed by atoms with Crippen LogP contribution in [-0.4, -0.2) is 9.97 Å². The Kier molecular flexibility index (Phi) is 5.66. The van der Waals surface area contributed by atoms with E-state index >= 15 is 0 Å². The van der Waals surface area contributed by atoms with Gasteiger partial charge in [-0.2, -0.15) is 0 Å². The SMILES string of the molecule is c1ccc(-c2cc(-c3ccc4c(c3)C3(c5ccccc5Oc5ccccc53)c3ccc5ccsc5c3-4)nc(-c3ccccc3)n2)cc1. The van der Waals surface area contributed by atoms with Crippen molar-refractivity contribution in [3.8, 4) is 56.5 Å². The van der Waals surface area contributed by atoms with Gasteiger partial charge in [-0.1, -0.05) is 121 Å². The first-order valence-corrected chi connectivity index (χ1v) is 16.7. The number of hydrogen-bond donors (Lipinski definition) is 0. The Morgan fingerprint density at radius 2 is 1.13 bits per heavy atom. The van der Waals surface area contributed by atoms with Crippen LogP contribution in [0.25, 0.3) is 55.1 Å². The third-order valence-corrected chi connectivity index (χ3v) is 10.6. The van der Waals surface area contributed by atoms with Crippen molar-refractivity contribution in [3.05, 3.63) is 179 Å². The lowest BCUT2D eigenvalue weighted by Crippen LogP contribution is -2.32. The molecule has 10 rings (SSSR count). The molecule has 1 aliphatic heterocycles. The molecule has 3 nitrogen and oxygen atoms in total. The first-order valence-electron chi connectivity index (χ1n) is 15.8. The molecule has 0 amide bonds. The summed E-state index contributed by atoms with van der Waals surface area (Å²) >= 11 is 1.81. The summed E-state index contributed by atoms with van der Waals surface area (Å²) in [4.78, 5) is 10.3. The Balaban J connectivity index is 1.29. The number of ether oxygens (including phenoxy) is 1. The van der Waals surface area contributed by atoms with Gasteiger partial charge in [-0.25, -0.2) is 9.97 Å². The highest BCUT2D eigenvalue weighted by Gasteiger charge is 2.51. The number of rotatable bonds is 3. The van der Waals surface area contributed by atoms with Crippen LogP contribution in [0.4, 0.5) is 0 Å². The van der Waals surface area contributed by atoms with E-state index in [0.717, 1.165) is 50.7 Å². The largest absolute Gasteiger partial charge is 0.457 e. The molecule has 0 radical (unpaired) electrons. The molecule has 3 heterocycles. The predicted octanol–water partition coefficient (Wildman–Crippen LogP) is 11.2. The number of nitrogens with zero attached hydrogens (tertiary/aromatic N) is 2. The van der Waals surface area contributed by atoms with Gasteiger partial charge in [-0.05, 0) is 57.8 Å². The molecule has 0 bridgehead atoms. The first kappa shape index (κ1) is 26.4. The van der Waals surface area contributed by atoms with Crippen molar-refractivity contribution in [1.29, 1.82) is 0 Å². The summed E-state index contributed by atoms with van der Waals surface area (Å²) in [5, 5.41) is 3.47. The van der Waals surface area contributed by atoms with E-state index in [1.165, 1.54) is 32.3 Å². The number of benzene rings is 6. The zero-order chi connectivity index (χ0) is 31.0. The zero-order valence-corrected chi connectivity index (χ0v) is 26.0. The van der Waals surface area contributed by atoms with E-state index in [2.05, 4.69) is 133 Å². The summed E-state index contributed by atoms with van der Waals surface area (Å²) in [6.45, 7) is 0. The summed E-state index contributed by atoms with van der Waals surface area (Å²) in [5.74, 6) is 2.49. The number of para-hydroxylation sites is 2. The van der Waals surface area contributed by atoms with E-state index in [4.69, 9.17) is 14.7 Å². The molecule has 0 fully saturated rings. The van der Waals surface area contributed by atoms with Gasteiger partial charge in [0.1, 0.15) is 11.5 Å². The quantitative estimate of drug-likeness (QED) is 0.198. The van der Waals surface area contributed by atoms with E-state index in [0.29, 0.717) is 5.82 Å². The molecule has 2 aliphatic rings. The molecule has 47 heavy (non-hydrogen) atoms. The van der Waals surface area contributed by atoms with Crippen molar-refractivity contribution in [2.45, 2.75) is 5.41 Å². The van der Waals surface area contributed by atoms with Crippen molar-refractivity contribution < 1.29 is 4.74 Å². The normalized spacial score (nSPS) is 13.4. The number of fused-ring (bicyclic) bond motifs is 11.